The number of aromatic nitrogens is 2. The van der Waals surface area contributed by atoms with E-state index in [-0.39, 0.29) is 0 Å². The summed E-state index contributed by atoms with van der Waals surface area (Å²) >= 11 is 1.64. The predicted octanol–water partition coefficient (Wildman–Crippen LogP) is 6.48. The summed E-state index contributed by atoms with van der Waals surface area (Å²) in [5.41, 5.74) is 7.44. The van der Waals surface area contributed by atoms with E-state index in [9.17, 15) is 9.90 Å². The van der Waals surface area contributed by atoms with Crippen molar-refractivity contribution in [2.75, 3.05) is 13.2 Å². The van der Waals surface area contributed by atoms with Gasteiger partial charge in [0.1, 0.15) is 10.8 Å². The zero-order valence-electron chi connectivity index (χ0n) is 19.8. The molecule has 6 nitrogen and oxygen atoms in total. The first-order chi connectivity index (χ1) is 17.1. The van der Waals surface area contributed by atoms with Crippen LogP contribution in [0, 0.1) is 6.92 Å². The standard InChI is InChI=1S/C28H26N2O4S/c1-3-33-25(28(31)32)21-15(2)14-19-26(35-27(30-19)17-6-4-5-7-17)23(21)18-8-9-20-22-16(11-13-34-20)10-12-29-24(18)22/h6,8-10,12,14,25H,3-5,7,11,13H2,1-2H3,(H,31,32)/t25-/m0/s1. The van der Waals surface area contributed by atoms with Crippen LogP contribution in [0.1, 0.15) is 54.0 Å². The van der Waals surface area contributed by atoms with Crippen LogP contribution < -0.4 is 4.74 Å². The fourth-order valence-corrected chi connectivity index (χ4v) is 6.55. The number of carboxylic acid groups (broad SMARTS) is 1. The van der Waals surface area contributed by atoms with Crippen molar-refractivity contribution in [1.82, 2.24) is 9.97 Å². The Morgan fingerprint density at radius 1 is 1.29 bits per heavy atom. The zero-order valence-corrected chi connectivity index (χ0v) is 20.6. The smallest absolute Gasteiger partial charge is 0.337 e. The number of benzene rings is 2. The van der Waals surface area contributed by atoms with Crippen LogP contribution in [0.5, 0.6) is 5.75 Å². The molecule has 0 amide bonds. The van der Waals surface area contributed by atoms with Gasteiger partial charge in [0, 0.05) is 41.3 Å². The van der Waals surface area contributed by atoms with E-state index in [1.54, 1.807) is 11.3 Å². The average Bonchev–Trinajstić information content (AvgIpc) is 3.53. The largest absolute Gasteiger partial charge is 0.493 e. The Hall–Kier alpha value is -3.29. The Morgan fingerprint density at radius 3 is 2.94 bits per heavy atom. The first-order valence-corrected chi connectivity index (χ1v) is 12.9. The van der Waals surface area contributed by atoms with Gasteiger partial charge in [-0.15, -0.1) is 11.3 Å². The molecule has 1 aliphatic heterocycles. The normalized spacial score (nSPS) is 15.9. The van der Waals surface area contributed by atoms with Crippen LogP contribution in [-0.4, -0.2) is 34.3 Å². The van der Waals surface area contributed by atoms with Gasteiger partial charge in [0.05, 0.1) is 22.3 Å². The number of fused-ring (bicyclic) bond motifs is 1. The molecular weight excluding hydrogens is 460 g/mol. The third-order valence-corrected chi connectivity index (χ3v) is 8.07. The SMILES string of the molecule is CCO[C@H](C(=O)O)c1c(C)cc2nc(C3=CCCC3)sc2c1-c1ccc2c3c(ccnc13)CCO2. The number of carbonyl (C=O) groups is 1. The molecule has 2 aromatic heterocycles. The number of carboxylic acids is 1. The van der Waals surface area contributed by atoms with Crippen molar-refractivity contribution in [3.8, 4) is 16.9 Å². The quantitative estimate of drug-likeness (QED) is 0.336. The van der Waals surface area contributed by atoms with Crippen molar-refractivity contribution in [3.05, 3.63) is 58.2 Å². The maximum absolute atomic E-state index is 12.4. The van der Waals surface area contributed by atoms with Crippen LogP contribution in [0.25, 0.3) is 37.8 Å². The van der Waals surface area contributed by atoms with Crippen LogP contribution in [0.3, 0.4) is 0 Å². The highest BCUT2D eigenvalue weighted by Gasteiger charge is 2.30. The van der Waals surface area contributed by atoms with Gasteiger partial charge in [-0.05, 0) is 74.1 Å². The molecule has 0 bridgehead atoms. The number of hydrogen-bond acceptors (Lipinski definition) is 6. The van der Waals surface area contributed by atoms with E-state index in [1.165, 1.54) is 11.1 Å². The first kappa shape index (κ1) is 22.2. The second-order valence-corrected chi connectivity index (χ2v) is 10.0. The molecule has 0 fully saturated rings. The number of rotatable bonds is 6. The van der Waals surface area contributed by atoms with Crippen molar-refractivity contribution in [3.63, 3.8) is 0 Å². The Labute approximate surface area is 207 Å². The summed E-state index contributed by atoms with van der Waals surface area (Å²) in [7, 11) is 0. The summed E-state index contributed by atoms with van der Waals surface area (Å²) in [5.74, 6) is -0.179. The lowest BCUT2D eigenvalue weighted by Crippen LogP contribution is -2.18. The van der Waals surface area contributed by atoms with E-state index in [0.717, 1.165) is 74.3 Å². The lowest BCUT2D eigenvalue weighted by Gasteiger charge is -2.23. The Kier molecular flexibility index (Phi) is 5.54. The number of allylic oxidation sites excluding steroid dienone is 2. The molecule has 3 heterocycles. The fraction of sp³-hybridized carbons (Fsp3) is 0.321. The number of nitrogens with zero attached hydrogens (tertiary/aromatic N) is 2. The first-order valence-electron chi connectivity index (χ1n) is 12.1. The van der Waals surface area contributed by atoms with Gasteiger partial charge in [0.15, 0.2) is 6.10 Å². The Balaban J connectivity index is 1.71. The second-order valence-electron chi connectivity index (χ2n) is 9.05. The Morgan fingerprint density at radius 2 is 2.17 bits per heavy atom. The average molecular weight is 487 g/mol. The highest BCUT2D eigenvalue weighted by atomic mass is 32.1. The molecule has 178 valence electrons. The maximum atomic E-state index is 12.4. The molecule has 0 unspecified atom stereocenters. The third-order valence-electron chi connectivity index (χ3n) is 6.90. The van der Waals surface area contributed by atoms with Gasteiger partial charge >= 0.3 is 5.97 Å². The van der Waals surface area contributed by atoms with Gasteiger partial charge in [-0.1, -0.05) is 6.08 Å². The molecule has 2 aliphatic rings. The van der Waals surface area contributed by atoms with Gasteiger partial charge < -0.3 is 14.6 Å². The number of aliphatic carboxylic acids is 1. The summed E-state index contributed by atoms with van der Waals surface area (Å²) < 4.78 is 12.7. The van der Waals surface area contributed by atoms with Crippen LogP contribution in [0.2, 0.25) is 0 Å². The summed E-state index contributed by atoms with van der Waals surface area (Å²) in [6.45, 7) is 4.71. The van der Waals surface area contributed by atoms with Gasteiger partial charge in [0.25, 0.3) is 0 Å². The fourth-order valence-electron chi connectivity index (χ4n) is 5.37. The summed E-state index contributed by atoms with van der Waals surface area (Å²) in [6.07, 6.45) is 7.09. The lowest BCUT2D eigenvalue weighted by molar-refractivity contribution is -0.150. The zero-order chi connectivity index (χ0) is 24.1. The molecule has 1 N–H and O–H groups in total. The van der Waals surface area contributed by atoms with Crippen LogP contribution in [0.4, 0.5) is 0 Å². The van der Waals surface area contributed by atoms with Crippen LogP contribution in [0.15, 0.2) is 36.5 Å². The van der Waals surface area contributed by atoms with E-state index in [2.05, 4.69) is 6.08 Å². The summed E-state index contributed by atoms with van der Waals surface area (Å²) in [6, 6.07) is 8.04. The third kappa shape index (κ3) is 3.61. The van der Waals surface area contributed by atoms with Crippen LogP contribution in [-0.2, 0) is 16.0 Å². The number of pyridine rings is 1. The minimum Gasteiger partial charge on any atom is -0.493 e. The maximum Gasteiger partial charge on any atom is 0.337 e. The van der Waals surface area contributed by atoms with E-state index in [1.807, 2.05) is 44.3 Å². The highest BCUT2D eigenvalue weighted by molar-refractivity contribution is 7.20. The van der Waals surface area contributed by atoms with Gasteiger partial charge in [0.2, 0.25) is 0 Å². The molecule has 0 saturated heterocycles. The van der Waals surface area contributed by atoms with Crippen molar-refractivity contribution < 1.29 is 19.4 Å². The molecule has 7 heteroatoms. The molecule has 35 heavy (non-hydrogen) atoms. The monoisotopic (exact) mass is 486 g/mol. The minimum absolute atomic E-state index is 0.296. The van der Waals surface area contributed by atoms with Gasteiger partial charge in [-0.3, -0.25) is 4.98 Å². The van der Waals surface area contributed by atoms with Gasteiger partial charge in [-0.25, -0.2) is 9.78 Å². The van der Waals surface area contributed by atoms with E-state index in [4.69, 9.17) is 19.4 Å². The molecular formula is C28H26N2O4S. The van der Waals surface area contributed by atoms with Crippen molar-refractivity contribution in [2.45, 2.75) is 45.6 Å². The Bertz CT molecular complexity index is 1510. The van der Waals surface area contributed by atoms with Crippen molar-refractivity contribution in [2.24, 2.45) is 0 Å². The predicted molar refractivity (Wildman–Crippen MR) is 138 cm³/mol. The van der Waals surface area contributed by atoms with Crippen molar-refractivity contribution >= 4 is 44.0 Å². The van der Waals surface area contributed by atoms with E-state index in [0.29, 0.717) is 18.8 Å². The van der Waals surface area contributed by atoms with Crippen molar-refractivity contribution in [1.29, 1.82) is 0 Å². The summed E-state index contributed by atoms with van der Waals surface area (Å²) in [5, 5.41) is 12.2. The molecule has 0 radical (unpaired) electrons. The van der Waals surface area contributed by atoms with E-state index < -0.39 is 12.1 Å². The molecule has 0 saturated carbocycles. The number of ether oxygens (including phenoxy) is 2. The molecule has 1 atom stereocenters. The number of thiazole rings is 1. The molecule has 2 aromatic carbocycles. The van der Waals surface area contributed by atoms with Gasteiger partial charge in [-0.2, -0.15) is 0 Å². The van der Waals surface area contributed by atoms with E-state index >= 15 is 0 Å². The van der Waals surface area contributed by atoms with Crippen LogP contribution >= 0.6 is 11.3 Å². The molecule has 4 aromatic rings. The topological polar surface area (TPSA) is 81.5 Å². The molecule has 0 spiro atoms. The second kappa shape index (κ2) is 8.73. The number of aryl methyl sites for hydroxylation is 1. The molecule has 6 rings (SSSR count). The number of hydrogen-bond donors (Lipinski definition) is 1. The summed E-state index contributed by atoms with van der Waals surface area (Å²) in [4.78, 5) is 22.2. The molecule has 1 aliphatic carbocycles. The minimum atomic E-state index is -1.09. The highest BCUT2D eigenvalue weighted by Crippen LogP contribution is 2.47. The lowest BCUT2D eigenvalue weighted by atomic mass is 9.89.